The molecule has 0 saturated heterocycles. The number of nitrogens with two attached hydrogens (primary N) is 1. The minimum absolute atomic E-state index is 0.548. The van der Waals surface area contributed by atoms with Crippen molar-refractivity contribution in [3.63, 3.8) is 0 Å². The molecule has 64 valence electrons. The minimum Gasteiger partial charge on any atom is -0.481 e. The van der Waals surface area contributed by atoms with E-state index in [1.807, 2.05) is 24.3 Å². The first-order chi connectivity index (χ1) is 5.86. The van der Waals surface area contributed by atoms with Gasteiger partial charge in [0.1, 0.15) is 0 Å². The first kappa shape index (κ1) is 8.74. The zero-order valence-corrected chi connectivity index (χ0v) is 7.03. The Balaban J connectivity index is 2.71. The average molecular weight is 164 g/mol. The lowest BCUT2D eigenvalue weighted by Crippen LogP contribution is -1.92. The number of methoxy groups -OCH3 is 1. The largest absolute Gasteiger partial charge is 0.481 e. The molecular weight excluding hydrogens is 152 g/mol. The predicted octanol–water partition coefficient (Wildman–Crippen LogP) is 1.06. The van der Waals surface area contributed by atoms with E-state index in [1.165, 1.54) is 0 Å². The van der Waals surface area contributed by atoms with E-state index < -0.39 is 0 Å². The molecule has 0 unspecified atom stereocenters. The van der Waals surface area contributed by atoms with Gasteiger partial charge in [0, 0.05) is 18.8 Å². The third kappa shape index (κ3) is 2.36. The van der Waals surface area contributed by atoms with Crippen LogP contribution in [0.1, 0.15) is 5.56 Å². The maximum absolute atomic E-state index is 5.30. The van der Waals surface area contributed by atoms with Crippen molar-refractivity contribution in [3.8, 4) is 5.88 Å². The lowest BCUT2D eigenvalue weighted by Gasteiger charge is -1.97. The second-order valence-electron chi connectivity index (χ2n) is 2.27. The molecule has 0 radical (unpaired) electrons. The van der Waals surface area contributed by atoms with E-state index in [0.717, 1.165) is 5.56 Å². The van der Waals surface area contributed by atoms with E-state index >= 15 is 0 Å². The van der Waals surface area contributed by atoms with Crippen LogP contribution >= 0.6 is 0 Å². The van der Waals surface area contributed by atoms with Crippen molar-refractivity contribution >= 4 is 6.08 Å². The molecule has 1 heterocycles. The molecule has 1 aromatic heterocycles. The molecule has 0 aliphatic heterocycles. The van der Waals surface area contributed by atoms with Gasteiger partial charge < -0.3 is 10.5 Å². The molecule has 0 amide bonds. The van der Waals surface area contributed by atoms with E-state index in [-0.39, 0.29) is 0 Å². The fourth-order valence-corrected chi connectivity index (χ4v) is 0.815. The Hall–Kier alpha value is -1.35. The van der Waals surface area contributed by atoms with Crippen LogP contribution in [0.3, 0.4) is 0 Å². The number of hydrogen-bond acceptors (Lipinski definition) is 3. The maximum Gasteiger partial charge on any atom is 0.212 e. The van der Waals surface area contributed by atoms with Crippen LogP contribution in [0.5, 0.6) is 5.88 Å². The molecule has 0 atom stereocenters. The first-order valence-corrected chi connectivity index (χ1v) is 3.73. The Morgan fingerprint density at radius 1 is 1.58 bits per heavy atom. The topological polar surface area (TPSA) is 48.1 Å². The highest BCUT2D eigenvalue weighted by molar-refractivity contribution is 5.48. The lowest BCUT2D eigenvalue weighted by molar-refractivity contribution is 0.398. The molecule has 12 heavy (non-hydrogen) atoms. The summed E-state index contributed by atoms with van der Waals surface area (Å²) in [5, 5.41) is 0. The smallest absolute Gasteiger partial charge is 0.212 e. The Morgan fingerprint density at radius 3 is 2.92 bits per heavy atom. The van der Waals surface area contributed by atoms with E-state index in [4.69, 9.17) is 10.5 Å². The molecule has 3 heteroatoms. The summed E-state index contributed by atoms with van der Waals surface area (Å²) in [7, 11) is 1.59. The van der Waals surface area contributed by atoms with Crippen molar-refractivity contribution in [1.82, 2.24) is 4.98 Å². The van der Waals surface area contributed by atoms with Crippen molar-refractivity contribution in [3.05, 3.63) is 30.0 Å². The Labute approximate surface area is 71.9 Å². The molecule has 3 nitrogen and oxygen atoms in total. The number of ether oxygens (including phenoxy) is 1. The van der Waals surface area contributed by atoms with Gasteiger partial charge in [-0.05, 0) is 11.6 Å². The fraction of sp³-hybridized carbons (Fsp3) is 0.222. The van der Waals surface area contributed by atoms with Crippen LogP contribution in [-0.2, 0) is 0 Å². The highest BCUT2D eigenvalue weighted by Gasteiger charge is 1.89. The summed E-state index contributed by atoms with van der Waals surface area (Å²) in [6.45, 7) is 0.548. The van der Waals surface area contributed by atoms with E-state index in [1.54, 1.807) is 13.3 Å². The van der Waals surface area contributed by atoms with Crippen molar-refractivity contribution < 1.29 is 4.74 Å². The van der Waals surface area contributed by atoms with Crippen LogP contribution in [0, 0.1) is 0 Å². The van der Waals surface area contributed by atoms with Crippen LogP contribution in [0.25, 0.3) is 6.08 Å². The highest BCUT2D eigenvalue weighted by atomic mass is 16.5. The van der Waals surface area contributed by atoms with Gasteiger partial charge in [0.15, 0.2) is 0 Å². The summed E-state index contributed by atoms with van der Waals surface area (Å²) < 4.78 is 4.91. The molecule has 1 rings (SSSR count). The third-order valence-corrected chi connectivity index (χ3v) is 1.41. The molecule has 2 N–H and O–H groups in total. The summed E-state index contributed by atoms with van der Waals surface area (Å²) in [4.78, 5) is 4.04. The van der Waals surface area contributed by atoms with Crippen molar-refractivity contribution in [1.29, 1.82) is 0 Å². The summed E-state index contributed by atoms with van der Waals surface area (Å²) in [6, 6.07) is 3.74. The molecule has 0 aliphatic rings. The number of aromatic nitrogens is 1. The molecule has 0 bridgehead atoms. The molecule has 0 spiro atoms. The standard InChI is InChI=1S/C9H12N2O/c1-12-9-5-4-8(7-11-9)3-2-6-10/h2-5,7H,6,10H2,1H3/b3-2+. The average Bonchev–Trinajstić information content (AvgIpc) is 2.15. The number of nitrogens with zero attached hydrogens (tertiary/aromatic N) is 1. The number of rotatable bonds is 3. The zero-order valence-electron chi connectivity index (χ0n) is 7.03. The molecule has 0 saturated carbocycles. The van der Waals surface area contributed by atoms with Gasteiger partial charge in [-0.1, -0.05) is 12.2 Å². The van der Waals surface area contributed by atoms with Gasteiger partial charge >= 0.3 is 0 Å². The van der Waals surface area contributed by atoms with E-state index in [2.05, 4.69) is 4.98 Å². The van der Waals surface area contributed by atoms with Gasteiger partial charge in [-0.25, -0.2) is 4.98 Å². The quantitative estimate of drug-likeness (QED) is 0.726. The van der Waals surface area contributed by atoms with E-state index in [0.29, 0.717) is 12.4 Å². The summed E-state index contributed by atoms with van der Waals surface area (Å²) in [5.74, 6) is 0.625. The van der Waals surface area contributed by atoms with Crippen LogP contribution in [0.15, 0.2) is 24.4 Å². The normalized spacial score (nSPS) is 10.5. The van der Waals surface area contributed by atoms with Crippen LogP contribution in [-0.4, -0.2) is 18.6 Å². The van der Waals surface area contributed by atoms with Crippen LogP contribution < -0.4 is 10.5 Å². The zero-order chi connectivity index (χ0) is 8.81. The van der Waals surface area contributed by atoms with Gasteiger partial charge in [-0.15, -0.1) is 0 Å². The molecule has 0 fully saturated rings. The molecular formula is C9H12N2O. The Bertz CT molecular complexity index is 254. The molecule has 1 aromatic rings. The van der Waals surface area contributed by atoms with Gasteiger partial charge in [-0.3, -0.25) is 0 Å². The van der Waals surface area contributed by atoms with Crippen LogP contribution in [0.4, 0.5) is 0 Å². The monoisotopic (exact) mass is 164 g/mol. The predicted molar refractivity (Wildman–Crippen MR) is 48.9 cm³/mol. The minimum atomic E-state index is 0.548. The maximum atomic E-state index is 5.30. The second-order valence-corrected chi connectivity index (χ2v) is 2.27. The van der Waals surface area contributed by atoms with Gasteiger partial charge in [0.05, 0.1) is 7.11 Å². The third-order valence-electron chi connectivity index (χ3n) is 1.41. The summed E-state index contributed by atoms with van der Waals surface area (Å²) >= 11 is 0. The van der Waals surface area contributed by atoms with Gasteiger partial charge in [-0.2, -0.15) is 0 Å². The Morgan fingerprint density at radius 2 is 2.42 bits per heavy atom. The summed E-state index contributed by atoms with van der Waals surface area (Å²) in [5.41, 5.74) is 6.33. The van der Waals surface area contributed by atoms with E-state index in [9.17, 15) is 0 Å². The van der Waals surface area contributed by atoms with Crippen molar-refractivity contribution in [2.75, 3.05) is 13.7 Å². The molecule has 0 aromatic carbocycles. The summed E-state index contributed by atoms with van der Waals surface area (Å²) in [6.07, 6.45) is 5.54. The Kier molecular flexibility index (Phi) is 3.29. The highest BCUT2D eigenvalue weighted by Crippen LogP contribution is 2.07. The van der Waals surface area contributed by atoms with Gasteiger partial charge in [0.25, 0.3) is 0 Å². The van der Waals surface area contributed by atoms with Crippen molar-refractivity contribution in [2.24, 2.45) is 5.73 Å². The van der Waals surface area contributed by atoms with Crippen molar-refractivity contribution in [2.45, 2.75) is 0 Å². The molecule has 0 aliphatic carbocycles. The van der Waals surface area contributed by atoms with Crippen LogP contribution in [0.2, 0.25) is 0 Å². The number of hydrogen-bond donors (Lipinski definition) is 1. The lowest BCUT2D eigenvalue weighted by atomic mass is 10.2. The SMILES string of the molecule is COc1ccc(/C=C/CN)cn1. The first-order valence-electron chi connectivity index (χ1n) is 3.73. The fourth-order valence-electron chi connectivity index (χ4n) is 0.815. The second kappa shape index (κ2) is 4.51. The van der Waals surface area contributed by atoms with Gasteiger partial charge in [0.2, 0.25) is 5.88 Å². The number of pyridine rings is 1.